The van der Waals surface area contributed by atoms with Crippen LogP contribution in [-0.2, 0) is 16.4 Å². The van der Waals surface area contributed by atoms with Crippen molar-refractivity contribution < 1.29 is 35.9 Å². The van der Waals surface area contributed by atoms with Crippen molar-refractivity contribution in [2.45, 2.75) is 37.0 Å². The van der Waals surface area contributed by atoms with Gasteiger partial charge in [-0.2, -0.15) is 26.3 Å². The number of fused-ring (bicyclic) bond motifs is 3. The van der Waals surface area contributed by atoms with Crippen molar-refractivity contribution in [3.63, 3.8) is 0 Å². The van der Waals surface area contributed by atoms with E-state index in [1.54, 1.807) is 17.0 Å². The lowest BCUT2D eigenvalue weighted by Crippen LogP contribution is -2.49. The van der Waals surface area contributed by atoms with Crippen LogP contribution in [0.5, 0.6) is 0 Å². The number of hydrogen-bond acceptors (Lipinski definition) is 3. The van der Waals surface area contributed by atoms with Gasteiger partial charge in [0.1, 0.15) is 12.0 Å². The summed E-state index contributed by atoms with van der Waals surface area (Å²) in [6.45, 7) is 1.26. The first-order valence-corrected chi connectivity index (χ1v) is 14.1. The highest BCUT2D eigenvalue weighted by molar-refractivity contribution is 6.00. The molecule has 1 aliphatic heterocycles. The van der Waals surface area contributed by atoms with Gasteiger partial charge in [-0.25, -0.2) is 0 Å². The van der Waals surface area contributed by atoms with E-state index in [0.717, 1.165) is 23.3 Å². The quantitative estimate of drug-likeness (QED) is 0.244. The molecule has 1 saturated heterocycles. The minimum Gasteiger partial charge on any atom is -0.346 e. The average molecular weight is 604 g/mol. The standard InChI is InChI=1S/C32H31F6N3O2/c33-31(34,35)21-39-29(43)30(26-9-3-1-7-24(26)25-8-2-4-10-27(25)30)15-5-6-16-40-17-19-41(20-18-40)28(42)22-11-13-23(14-12-22)32(36,37)38/h1-4,7-14H,5-6,15-21H2,(H,39,43). The molecule has 5 rings (SSSR count). The first-order chi connectivity index (χ1) is 20.4. The topological polar surface area (TPSA) is 52.7 Å². The third-order valence-electron chi connectivity index (χ3n) is 8.30. The minimum absolute atomic E-state index is 0.202. The van der Waals surface area contributed by atoms with Crippen LogP contribution in [0.15, 0.2) is 72.8 Å². The number of piperazine rings is 1. The summed E-state index contributed by atoms with van der Waals surface area (Å²) in [7, 11) is 0. The molecular formula is C32H31F6N3O2. The molecule has 1 heterocycles. The zero-order chi connectivity index (χ0) is 30.8. The Labute approximate surface area is 245 Å². The van der Waals surface area contributed by atoms with E-state index in [-0.39, 0.29) is 11.5 Å². The lowest BCUT2D eigenvalue weighted by molar-refractivity contribution is -0.141. The maximum Gasteiger partial charge on any atom is 0.416 e. The van der Waals surface area contributed by atoms with Gasteiger partial charge in [0.2, 0.25) is 5.91 Å². The Bertz CT molecular complexity index is 1420. The second-order valence-electron chi connectivity index (χ2n) is 11.0. The Morgan fingerprint density at radius 3 is 1.84 bits per heavy atom. The fraction of sp³-hybridized carbons (Fsp3) is 0.375. The van der Waals surface area contributed by atoms with Crippen molar-refractivity contribution in [1.82, 2.24) is 15.1 Å². The average Bonchev–Trinajstić information content (AvgIpc) is 3.28. The number of benzene rings is 3. The third-order valence-corrected chi connectivity index (χ3v) is 8.30. The van der Waals surface area contributed by atoms with Gasteiger partial charge in [-0.1, -0.05) is 55.0 Å². The number of rotatable bonds is 8. The summed E-state index contributed by atoms with van der Waals surface area (Å²) in [6, 6.07) is 18.9. The van der Waals surface area contributed by atoms with E-state index in [0.29, 0.717) is 63.1 Å². The van der Waals surface area contributed by atoms with Crippen LogP contribution in [0.25, 0.3) is 11.1 Å². The van der Waals surface area contributed by atoms with Crippen LogP contribution in [0, 0.1) is 0 Å². The maximum atomic E-state index is 13.6. The molecule has 43 heavy (non-hydrogen) atoms. The number of unbranched alkanes of at least 4 members (excludes halogenated alkanes) is 1. The molecule has 228 valence electrons. The molecule has 2 amide bonds. The van der Waals surface area contributed by atoms with Crippen molar-refractivity contribution >= 4 is 11.8 Å². The van der Waals surface area contributed by atoms with Gasteiger partial charge in [0.15, 0.2) is 0 Å². The summed E-state index contributed by atoms with van der Waals surface area (Å²) in [6.07, 6.45) is -7.41. The highest BCUT2D eigenvalue weighted by atomic mass is 19.4. The number of alkyl halides is 6. The molecule has 11 heteroatoms. The second-order valence-corrected chi connectivity index (χ2v) is 11.0. The molecule has 0 bridgehead atoms. The van der Waals surface area contributed by atoms with E-state index >= 15 is 0 Å². The number of nitrogens with one attached hydrogen (secondary N) is 1. The van der Waals surface area contributed by atoms with Gasteiger partial charge in [0.25, 0.3) is 5.91 Å². The van der Waals surface area contributed by atoms with Crippen LogP contribution in [0.3, 0.4) is 0 Å². The van der Waals surface area contributed by atoms with Gasteiger partial charge in [0.05, 0.1) is 5.56 Å². The van der Waals surface area contributed by atoms with Crippen molar-refractivity contribution in [3.8, 4) is 11.1 Å². The monoisotopic (exact) mass is 603 g/mol. The third kappa shape index (κ3) is 6.41. The highest BCUT2D eigenvalue weighted by Crippen LogP contribution is 2.51. The van der Waals surface area contributed by atoms with Gasteiger partial charge >= 0.3 is 12.4 Å². The zero-order valence-corrected chi connectivity index (χ0v) is 23.3. The van der Waals surface area contributed by atoms with E-state index in [4.69, 9.17) is 0 Å². The van der Waals surface area contributed by atoms with E-state index in [1.807, 2.05) is 36.4 Å². The summed E-state index contributed by atoms with van der Waals surface area (Å²) in [4.78, 5) is 30.2. The summed E-state index contributed by atoms with van der Waals surface area (Å²) in [5.74, 6) is -0.989. The van der Waals surface area contributed by atoms with E-state index < -0.39 is 35.8 Å². The summed E-state index contributed by atoms with van der Waals surface area (Å²) < 4.78 is 77.8. The van der Waals surface area contributed by atoms with Crippen molar-refractivity contribution in [2.75, 3.05) is 39.3 Å². The zero-order valence-electron chi connectivity index (χ0n) is 23.3. The van der Waals surface area contributed by atoms with Crippen LogP contribution < -0.4 is 5.32 Å². The fourth-order valence-electron chi connectivity index (χ4n) is 6.17. The Balaban J connectivity index is 1.21. The molecule has 0 atom stereocenters. The number of carbonyl (C=O) groups is 2. The normalized spacial score (nSPS) is 16.5. The van der Waals surface area contributed by atoms with E-state index in [9.17, 15) is 35.9 Å². The Morgan fingerprint density at radius 1 is 0.744 bits per heavy atom. The largest absolute Gasteiger partial charge is 0.416 e. The minimum atomic E-state index is -4.54. The molecule has 0 saturated carbocycles. The molecule has 1 fully saturated rings. The summed E-state index contributed by atoms with van der Waals surface area (Å²) >= 11 is 0. The molecule has 1 aliphatic carbocycles. The Morgan fingerprint density at radius 2 is 1.30 bits per heavy atom. The number of halogens is 6. The molecule has 3 aromatic rings. The number of hydrogen-bond donors (Lipinski definition) is 1. The van der Waals surface area contributed by atoms with Crippen molar-refractivity contribution in [1.29, 1.82) is 0 Å². The molecule has 0 spiro atoms. The van der Waals surface area contributed by atoms with Crippen LogP contribution >= 0.6 is 0 Å². The smallest absolute Gasteiger partial charge is 0.346 e. The lowest BCUT2D eigenvalue weighted by Gasteiger charge is -2.35. The molecule has 5 nitrogen and oxygen atoms in total. The summed E-state index contributed by atoms with van der Waals surface area (Å²) in [5, 5.41) is 2.15. The Hall–Kier alpha value is -3.86. The van der Waals surface area contributed by atoms with Crippen molar-refractivity contribution in [3.05, 3.63) is 95.1 Å². The highest BCUT2D eigenvalue weighted by Gasteiger charge is 2.49. The van der Waals surface area contributed by atoms with Crippen LogP contribution in [-0.4, -0.2) is 67.1 Å². The molecule has 3 aromatic carbocycles. The van der Waals surface area contributed by atoms with E-state index in [2.05, 4.69) is 10.2 Å². The van der Waals surface area contributed by atoms with Gasteiger partial charge in [-0.3, -0.25) is 14.5 Å². The maximum absolute atomic E-state index is 13.6. The Kier molecular flexibility index (Phi) is 8.56. The second kappa shape index (κ2) is 12.0. The number of carbonyl (C=O) groups excluding carboxylic acids is 2. The van der Waals surface area contributed by atoms with Crippen LogP contribution in [0.2, 0.25) is 0 Å². The molecule has 2 aliphatic rings. The predicted octanol–water partition coefficient (Wildman–Crippen LogP) is 6.28. The number of nitrogens with zero attached hydrogens (tertiary/aromatic N) is 2. The van der Waals surface area contributed by atoms with Gasteiger partial charge in [-0.15, -0.1) is 0 Å². The fourth-order valence-corrected chi connectivity index (χ4v) is 6.17. The van der Waals surface area contributed by atoms with E-state index in [1.165, 1.54) is 12.1 Å². The predicted molar refractivity (Wildman–Crippen MR) is 149 cm³/mol. The summed E-state index contributed by atoms with van der Waals surface area (Å²) in [5.41, 5.74) is 1.23. The van der Waals surface area contributed by atoms with Crippen LogP contribution in [0.4, 0.5) is 26.3 Å². The van der Waals surface area contributed by atoms with Crippen molar-refractivity contribution in [2.24, 2.45) is 0 Å². The molecular weight excluding hydrogens is 572 g/mol. The first-order valence-electron chi connectivity index (χ1n) is 14.1. The van der Waals surface area contributed by atoms with Crippen LogP contribution in [0.1, 0.15) is 46.3 Å². The molecule has 1 N–H and O–H groups in total. The van der Waals surface area contributed by atoms with Gasteiger partial charge < -0.3 is 10.2 Å². The SMILES string of the molecule is O=C(c1ccc(C(F)(F)F)cc1)N1CCN(CCCCC2(C(=O)NCC(F)(F)F)c3ccccc3-c3ccccc32)CC1. The number of amides is 2. The van der Waals surface area contributed by atoms with Gasteiger partial charge in [-0.05, 0) is 65.9 Å². The molecule has 0 radical (unpaired) electrons. The van der Waals surface area contributed by atoms with Gasteiger partial charge in [0, 0.05) is 31.7 Å². The molecule has 0 aromatic heterocycles. The lowest BCUT2D eigenvalue weighted by atomic mass is 9.73. The first kappa shape index (κ1) is 30.6. The molecule has 0 unspecified atom stereocenters.